The van der Waals surface area contributed by atoms with Gasteiger partial charge < -0.3 is 20.5 Å². The topological polar surface area (TPSA) is 73.6 Å². The Morgan fingerprint density at radius 2 is 2.08 bits per heavy atom. The zero-order valence-corrected chi connectivity index (χ0v) is 15.3. The van der Waals surface area contributed by atoms with Gasteiger partial charge in [-0.3, -0.25) is 4.79 Å². The van der Waals surface area contributed by atoms with Gasteiger partial charge in [-0.25, -0.2) is 0 Å². The quantitative estimate of drug-likeness (QED) is 0.751. The molecule has 0 bridgehead atoms. The maximum atomic E-state index is 12.5. The molecule has 0 aliphatic carbocycles. The molecule has 1 aromatic rings. The van der Waals surface area contributed by atoms with Gasteiger partial charge in [-0.2, -0.15) is 0 Å². The average molecular weight is 357 g/mol. The van der Waals surface area contributed by atoms with Crippen LogP contribution >= 0.6 is 12.4 Å². The Hall–Kier alpha value is -1.30. The molecule has 1 aromatic carbocycles. The lowest BCUT2D eigenvalue weighted by Gasteiger charge is -2.21. The van der Waals surface area contributed by atoms with Gasteiger partial charge in [0.25, 0.3) is 0 Å². The van der Waals surface area contributed by atoms with Crippen LogP contribution in [0.2, 0.25) is 0 Å². The molecule has 5 nitrogen and oxygen atoms in total. The van der Waals surface area contributed by atoms with Crippen molar-refractivity contribution in [2.45, 2.75) is 57.3 Å². The van der Waals surface area contributed by atoms with Crippen molar-refractivity contribution in [3.63, 3.8) is 0 Å². The van der Waals surface area contributed by atoms with Gasteiger partial charge >= 0.3 is 0 Å². The summed E-state index contributed by atoms with van der Waals surface area (Å²) in [6.07, 6.45) is 4.33. The number of amides is 1. The van der Waals surface area contributed by atoms with Gasteiger partial charge in [0.1, 0.15) is 11.9 Å². The van der Waals surface area contributed by atoms with Crippen LogP contribution in [0.5, 0.6) is 5.75 Å². The van der Waals surface area contributed by atoms with Crippen LogP contribution in [0.25, 0.3) is 0 Å². The molecule has 0 saturated carbocycles. The summed E-state index contributed by atoms with van der Waals surface area (Å²) in [5, 5.41) is 3.15. The zero-order valence-electron chi connectivity index (χ0n) is 14.5. The first kappa shape index (κ1) is 20.7. The Balaban J connectivity index is 0.00000288. The highest BCUT2D eigenvalue weighted by Gasteiger charge is 2.31. The summed E-state index contributed by atoms with van der Waals surface area (Å²) < 4.78 is 10.9. The van der Waals surface area contributed by atoms with Crippen molar-refractivity contribution in [3.8, 4) is 5.75 Å². The average Bonchev–Trinajstić information content (AvgIpc) is 3.08. The first-order valence-electron chi connectivity index (χ1n) is 8.47. The summed E-state index contributed by atoms with van der Waals surface area (Å²) in [4.78, 5) is 12.5. The van der Waals surface area contributed by atoms with Crippen molar-refractivity contribution in [1.82, 2.24) is 5.32 Å². The summed E-state index contributed by atoms with van der Waals surface area (Å²) >= 11 is 0. The summed E-state index contributed by atoms with van der Waals surface area (Å²) in [7, 11) is 1.65. The number of nitrogens with two attached hydrogens (primary N) is 1. The van der Waals surface area contributed by atoms with Crippen LogP contribution in [0, 0.1) is 0 Å². The highest BCUT2D eigenvalue weighted by molar-refractivity contribution is 5.85. The molecule has 1 fully saturated rings. The van der Waals surface area contributed by atoms with E-state index in [2.05, 4.69) is 12.2 Å². The molecule has 1 amide bonds. The third kappa shape index (κ3) is 5.65. The third-order valence-corrected chi connectivity index (χ3v) is 4.34. The van der Waals surface area contributed by atoms with E-state index < -0.39 is 0 Å². The number of hydrogen-bond acceptors (Lipinski definition) is 4. The third-order valence-electron chi connectivity index (χ3n) is 4.34. The number of ether oxygens (including phenoxy) is 2. The van der Waals surface area contributed by atoms with Gasteiger partial charge in [-0.05, 0) is 37.0 Å². The summed E-state index contributed by atoms with van der Waals surface area (Å²) in [6, 6.07) is 7.89. The van der Waals surface area contributed by atoms with Gasteiger partial charge in [-0.1, -0.05) is 31.9 Å². The molecule has 1 heterocycles. The molecule has 6 heteroatoms. The molecular weight excluding hydrogens is 328 g/mol. The van der Waals surface area contributed by atoms with E-state index in [4.69, 9.17) is 15.2 Å². The molecule has 3 atom stereocenters. The van der Waals surface area contributed by atoms with Crippen LogP contribution in [0.1, 0.15) is 50.6 Å². The fraction of sp³-hybridized carbons (Fsp3) is 0.611. The van der Waals surface area contributed by atoms with Crippen LogP contribution < -0.4 is 15.8 Å². The SMILES string of the molecule is CCCCC(NC(=O)[C@@H]1CC[C@H](CN)O1)c1ccc(OC)cc1.Cl. The molecule has 24 heavy (non-hydrogen) atoms. The van der Waals surface area contributed by atoms with Crippen molar-refractivity contribution in [1.29, 1.82) is 0 Å². The number of nitrogens with one attached hydrogen (secondary N) is 1. The second kappa shape index (κ2) is 10.5. The fourth-order valence-electron chi connectivity index (χ4n) is 2.90. The van der Waals surface area contributed by atoms with Crippen molar-refractivity contribution in [2.24, 2.45) is 5.73 Å². The molecule has 1 aliphatic heterocycles. The van der Waals surface area contributed by atoms with Crippen molar-refractivity contribution in [2.75, 3.05) is 13.7 Å². The van der Waals surface area contributed by atoms with E-state index in [1.807, 2.05) is 24.3 Å². The Morgan fingerprint density at radius 1 is 1.38 bits per heavy atom. The highest BCUT2D eigenvalue weighted by atomic mass is 35.5. The molecule has 1 unspecified atom stereocenters. The lowest BCUT2D eigenvalue weighted by atomic mass is 10.0. The van der Waals surface area contributed by atoms with Gasteiger partial charge in [0.15, 0.2) is 0 Å². The smallest absolute Gasteiger partial charge is 0.249 e. The Kier molecular flexibility index (Phi) is 9.11. The number of rotatable bonds is 8. The predicted octanol–water partition coefficient (Wildman–Crippen LogP) is 2.97. The van der Waals surface area contributed by atoms with Gasteiger partial charge in [0, 0.05) is 6.54 Å². The van der Waals surface area contributed by atoms with E-state index in [-0.39, 0.29) is 36.6 Å². The van der Waals surface area contributed by atoms with E-state index in [0.29, 0.717) is 6.54 Å². The maximum Gasteiger partial charge on any atom is 0.249 e. The van der Waals surface area contributed by atoms with E-state index in [0.717, 1.165) is 43.4 Å². The molecule has 136 valence electrons. The summed E-state index contributed by atoms with van der Waals surface area (Å²) in [6.45, 7) is 2.63. The lowest BCUT2D eigenvalue weighted by Crippen LogP contribution is -2.37. The van der Waals surface area contributed by atoms with E-state index in [1.54, 1.807) is 7.11 Å². The highest BCUT2D eigenvalue weighted by Crippen LogP contribution is 2.24. The first-order chi connectivity index (χ1) is 11.2. The monoisotopic (exact) mass is 356 g/mol. The second-order valence-electron chi connectivity index (χ2n) is 6.04. The van der Waals surface area contributed by atoms with Gasteiger partial charge in [-0.15, -0.1) is 12.4 Å². The van der Waals surface area contributed by atoms with Crippen LogP contribution in [0.15, 0.2) is 24.3 Å². The molecular formula is C18H29ClN2O3. The zero-order chi connectivity index (χ0) is 16.7. The van der Waals surface area contributed by atoms with E-state index in [1.165, 1.54) is 0 Å². The van der Waals surface area contributed by atoms with Crippen molar-refractivity contribution >= 4 is 18.3 Å². The lowest BCUT2D eigenvalue weighted by molar-refractivity contribution is -0.132. The van der Waals surface area contributed by atoms with Gasteiger partial charge in [0.2, 0.25) is 5.91 Å². The minimum atomic E-state index is -0.370. The largest absolute Gasteiger partial charge is 0.497 e. The number of hydrogen-bond donors (Lipinski definition) is 2. The first-order valence-corrected chi connectivity index (χ1v) is 8.47. The van der Waals surface area contributed by atoms with Crippen LogP contribution in [-0.2, 0) is 9.53 Å². The van der Waals surface area contributed by atoms with E-state index >= 15 is 0 Å². The van der Waals surface area contributed by atoms with Crippen molar-refractivity contribution in [3.05, 3.63) is 29.8 Å². The van der Waals surface area contributed by atoms with Crippen molar-refractivity contribution < 1.29 is 14.3 Å². The number of carbonyl (C=O) groups excluding carboxylic acids is 1. The number of methoxy groups -OCH3 is 1. The standard InChI is InChI=1S/C18H28N2O3.ClH/c1-3-4-5-16(13-6-8-14(22-2)9-7-13)20-18(21)17-11-10-15(12-19)23-17;/h6-9,15-17H,3-5,10-12,19H2,1-2H3,(H,20,21);1H/t15-,16?,17+;/m1./s1. The number of benzene rings is 1. The fourth-order valence-corrected chi connectivity index (χ4v) is 2.90. The summed E-state index contributed by atoms with van der Waals surface area (Å²) in [5.41, 5.74) is 6.71. The van der Waals surface area contributed by atoms with Crippen LogP contribution in [0.3, 0.4) is 0 Å². The number of halogens is 1. The number of unbranched alkanes of at least 4 members (excludes halogenated alkanes) is 1. The molecule has 3 N–H and O–H groups in total. The Labute approximate surface area is 150 Å². The maximum absolute atomic E-state index is 12.5. The number of carbonyl (C=O) groups is 1. The molecule has 0 aromatic heterocycles. The normalized spacial score (nSPS) is 21.0. The van der Waals surface area contributed by atoms with Crippen LogP contribution in [0.4, 0.5) is 0 Å². The Bertz CT molecular complexity index is 496. The summed E-state index contributed by atoms with van der Waals surface area (Å²) in [5.74, 6) is 0.789. The molecule has 1 aliphatic rings. The van der Waals surface area contributed by atoms with Crippen LogP contribution in [-0.4, -0.2) is 31.8 Å². The minimum Gasteiger partial charge on any atom is -0.497 e. The molecule has 2 rings (SSSR count). The molecule has 0 radical (unpaired) electrons. The van der Waals surface area contributed by atoms with E-state index in [9.17, 15) is 4.79 Å². The minimum absolute atomic E-state index is 0. The molecule has 0 spiro atoms. The molecule has 1 saturated heterocycles. The Morgan fingerprint density at radius 3 is 2.62 bits per heavy atom. The van der Waals surface area contributed by atoms with Gasteiger partial charge in [0.05, 0.1) is 19.3 Å². The second-order valence-corrected chi connectivity index (χ2v) is 6.04. The predicted molar refractivity (Wildman–Crippen MR) is 97.6 cm³/mol.